The smallest absolute Gasteiger partial charge is 0.0867 e. The van der Waals surface area contributed by atoms with Crippen molar-refractivity contribution in [2.45, 2.75) is 44.3 Å². The Labute approximate surface area is 103 Å². The number of hydrogen-bond acceptors (Lipinski definition) is 2. The summed E-state index contributed by atoms with van der Waals surface area (Å²) >= 11 is 1.90. The highest BCUT2D eigenvalue weighted by Gasteiger charge is 2.38. The average molecular weight is 236 g/mol. The molecule has 0 amide bonds. The van der Waals surface area contributed by atoms with Crippen molar-refractivity contribution in [2.75, 3.05) is 5.75 Å². The van der Waals surface area contributed by atoms with Crippen LogP contribution in [0.2, 0.25) is 0 Å². The molecule has 3 unspecified atom stereocenters. The molecule has 0 aliphatic carbocycles. The standard InChI is InChI=1S/C14H20OS/c1-4-16-13-7-5-12(6-8-13)9-10(2)14-11(3)15-14/h5-8,10-11,14H,4,9H2,1-3H3. The summed E-state index contributed by atoms with van der Waals surface area (Å²) < 4.78 is 5.51. The minimum absolute atomic E-state index is 0.477. The lowest BCUT2D eigenvalue weighted by atomic mass is 9.97. The number of rotatable bonds is 5. The molecule has 1 aliphatic heterocycles. The molecule has 1 saturated heterocycles. The third kappa shape index (κ3) is 3.02. The van der Waals surface area contributed by atoms with E-state index in [1.165, 1.54) is 10.5 Å². The van der Waals surface area contributed by atoms with Crippen molar-refractivity contribution in [3.05, 3.63) is 29.8 Å². The van der Waals surface area contributed by atoms with Gasteiger partial charge in [-0.05, 0) is 42.7 Å². The van der Waals surface area contributed by atoms with Gasteiger partial charge in [0.25, 0.3) is 0 Å². The molecule has 0 aromatic heterocycles. The second-order valence-corrected chi connectivity index (χ2v) is 5.90. The van der Waals surface area contributed by atoms with Gasteiger partial charge in [-0.2, -0.15) is 0 Å². The number of ether oxygens (including phenoxy) is 1. The van der Waals surface area contributed by atoms with Crippen LogP contribution >= 0.6 is 11.8 Å². The van der Waals surface area contributed by atoms with Gasteiger partial charge in [0, 0.05) is 4.90 Å². The van der Waals surface area contributed by atoms with Crippen LogP contribution in [-0.4, -0.2) is 18.0 Å². The molecule has 3 atom stereocenters. The quantitative estimate of drug-likeness (QED) is 0.570. The third-order valence-electron chi connectivity index (χ3n) is 3.11. The molecule has 1 heterocycles. The van der Waals surface area contributed by atoms with Crippen molar-refractivity contribution in [1.29, 1.82) is 0 Å². The number of benzene rings is 1. The van der Waals surface area contributed by atoms with Crippen molar-refractivity contribution < 1.29 is 4.74 Å². The molecule has 1 aromatic carbocycles. The maximum Gasteiger partial charge on any atom is 0.0867 e. The van der Waals surface area contributed by atoms with Crippen LogP contribution < -0.4 is 0 Å². The summed E-state index contributed by atoms with van der Waals surface area (Å²) in [6.45, 7) is 6.62. The van der Waals surface area contributed by atoms with Gasteiger partial charge in [-0.25, -0.2) is 0 Å². The summed E-state index contributed by atoms with van der Waals surface area (Å²) in [7, 11) is 0. The molecule has 0 bridgehead atoms. The van der Waals surface area contributed by atoms with E-state index in [2.05, 4.69) is 45.0 Å². The first-order valence-corrected chi connectivity index (χ1v) is 7.06. The topological polar surface area (TPSA) is 12.5 Å². The molecule has 0 radical (unpaired) electrons. The maximum absolute atomic E-state index is 5.51. The Kier molecular flexibility index (Phi) is 3.93. The van der Waals surface area contributed by atoms with Crippen LogP contribution in [0.15, 0.2) is 29.2 Å². The molecule has 2 rings (SSSR count). The van der Waals surface area contributed by atoms with Gasteiger partial charge in [0.05, 0.1) is 12.2 Å². The van der Waals surface area contributed by atoms with Gasteiger partial charge in [0.15, 0.2) is 0 Å². The molecule has 1 aromatic rings. The second kappa shape index (κ2) is 5.24. The van der Waals surface area contributed by atoms with Crippen molar-refractivity contribution in [3.8, 4) is 0 Å². The fraction of sp³-hybridized carbons (Fsp3) is 0.571. The molecule has 88 valence electrons. The molecule has 0 spiro atoms. The predicted octanol–water partition coefficient (Wildman–Crippen LogP) is 3.76. The first-order chi connectivity index (χ1) is 7.70. The van der Waals surface area contributed by atoms with Gasteiger partial charge in [0.2, 0.25) is 0 Å². The van der Waals surface area contributed by atoms with E-state index < -0.39 is 0 Å². The van der Waals surface area contributed by atoms with E-state index >= 15 is 0 Å². The van der Waals surface area contributed by atoms with E-state index in [0.717, 1.165) is 12.2 Å². The minimum Gasteiger partial charge on any atom is -0.370 e. The Hall–Kier alpha value is -0.470. The van der Waals surface area contributed by atoms with Gasteiger partial charge in [-0.15, -0.1) is 11.8 Å². The Morgan fingerprint density at radius 2 is 1.94 bits per heavy atom. The first-order valence-electron chi connectivity index (χ1n) is 6.08. The van der Waals surface area contributed by atoms with Crippen LogP contribution in [0, 0.1) is 5.92 Å². The van der Waals surface area contributed by atoms with Crippen molar-refractivity contribution >= 4 is 11.8 Å². The van der Waals surface area contributed by atoms with Crippen LogP contribution in [0.5, 0.6) is 0 Å². The molecule has 2 heteroatoms. The molecule has 16 heavy (non-hydrogen) atoms. The number of thioether (sulfide) groups is 1. The van der Waals surface area contributed by atoms with Gasteiger partial charge in [0.1, 0.15) is 0 Å². The van der Waals surface area contributed by atoms with Gasteiger partial charge in [-0.3, -0.25) is 0 Å². The summed E-state index contributed by atoms with van der Waals surface area (Å²) in [5, 5.41) is 0. The van der Waals surface area contributed by atoms with E-state index in [9.17, 15) is 0 Å². The lowest BCUT2D eigenvalue weighted by Crippen LogP contribution is -2.08. The van der Waals surface area contributed by atoms with Gasteiger partial charge >= 0.3 is 0 Å². The summed E-state index contributed by atoms with van der Waals surface area (Å²) in [5.74, 6) is 1.78. The fourth-order valence-electron chi connectivity index (χ4n) is 2.18. The normalized spacial score (nSPS) is 25.4. The molecule has 1 aliphatic rings. The SMILES string of the molecule is CCSc1ccc(CC(C)C2OC2C)cc1. The Balaban J connectivity index is 1.89. The zero-order chi connectivity index (χ0) is 11.5. The van der Waals surface area contributed by atoms with E-state index in [0.29, 0.717) is 18.1 Å². The first kappa shape index (κ1) is 12.0. The van der Waals surface area contributed by atoms with E-state index in [1.54, 1.807) is 0 Å². The van der Waals surface area contributed by atoms with Crippen LogP contribution in [-0.2, 0) is 11.2 Å². The summed E-state index contributed by atoms with van der Waals surface area (Å²) in [5.41, 5.74) is 1.43. The Morgan fingerprint density at radius 1 is 1.31 bits per heavy atom. The van der Waals surface area contributed by atoms with E-state index in [-0.39, 0.29) is 0 Å². The number of hydrogen-bond donors (Lipinski definition) is 0. The van der Waals surface area contributed by atoms with Crippen LogP contribution in [0.25, 0.3) is 0 Å². The monoisotopic (exact) mass is 236 g/mol. The average Bonchev–Trinajstić information content (AvgIpc) is 2.99. The highest BCUT2D eigenvalue weighted by Crippen LogP contribution is 2.31. The molecule has 0 N–H and O–H groups in total. The van der Waals surface area contributed by atoms with Crippen LogP contribution in [0.4, 0.5) is 0 Å². The van der Waals surface area contributed by atoms with Gasteiger partial charge < -0.3 is 4.74 Å². The fourth-order valence-corrected chi connectivity index (χ4v) is 2.84. The molecule has 1 fully saturated rings. The zero-order valence-corrected chi connectivity index (χ0v) is 11.1. The Bertz CT molecular complexity index is 333. The van der Waals surface area contributed by atoms with Gasteiger partial charge in [-0.1, -0.05) is 26.0 Å². The predicted molar refractivity (Wildman–Crippen MR) is 70.0 cm³/mol. The lowest BCUT2D eigenvalue weighted by Gasteiger charge is -2.08. The van der Waals surface area contributed by atoms with E-state index in [1.807, 2.05) is 11.8 Å². The largest absolute Gasteiger partial charge is 0.370 e. The maximum atomic E-state index is 5.51. The van der Waals surface area contributed by atoms with Crippen molar-refractivity contribution in [3.63, 3.8) is 0 Å². The summed E-state index contributed by atoms with van der Waals surface area (Å²) in [4.78, 5) is 1.37. The second-order valence-electron chi connectivity index (χ2n) is 4.56. The molecule has 0 saturated carbocycles. The van der Waals surface area contributed by atoms with E-state index in [4.69, 9.17) is 4.74 Å². The molecular weight excluding hydrogens is 216 g/mol. The van der Waals surface area contributed by atoms with Crippen molar-refractivity contribution in [2.24, 2.45) is 5.92 Å². The Morgan fingerprint density at radius 3 is 2.44 bits per heavy atom. The highest BCUT2D eigenvalue weighted by atomic mass is 32.2. The van der Waals surface area contributed by atoms with Crippen LogP contribution in [0.3, 0.4) is 0 Å². The highest BCUT2D eigenvalue weighted by molar-refractivity contribution is 7.99. The summed E-state index contributed by atoms with van der Waals surface area (Å²) in [6.07, 6.45) is 2.10. The summed E-state index contributed by atoms with van der Waals surface area (Å²) in [6, 6.07) is 8.96. The molecular formula is C14H20OS. The van der Waals surface area contributed by atoms with Crippen LogP contribution in [0.1, 0.15) is 26.3 Å². The third-order valence-corrected chi connectivity index (χ3v) is 4.00. The number of epoxide rings is 1. The van der Waals surface area contributed by atoms with Crippen molar-refractivity contribution in [1.82, 2.24) is 0 Å². The molecule has 1 nitrogen and oxygen atoms in total. The minimum atomic E-state index is 0.477. The zero-order valence-electron chi connectivity index (χ0n) is 10.3. The lowest BCUT2D eigenvalue weighted by molar-refractivity contribution is 0.328.